The number of para-hydroxylation sites is 1. The molecule has 3 rings (SSSR count). The van der Waals surface area contributed by atoms with Gasteiger partial charge in [-0.1, -0.05) is 29.5 Å². The van der Waals surface area contributed by atoms with E-state index in [0.717, 1.165) is 9.17 Å². The molecule has 1 N–H and O–H groups in total. The number of halogens is 1. The molecule has 0 bridgehead atoms. The van der Waals surface area contributed by atoms with Crippen molar-refractivity contribution in [2.75, 3.05) is 5.32 Å². The van der Waals surface area contributed by atoms with E-state index in [0.29, 0.717) is 16.3 Å². The Kier molecular flexibility index (Phi) is 2.89. The highest BCUT2D eigenvalue weighted by molar-refractivity contribution is 9.11. The average molecular weight is 323 g/mol. The zero-order valence-electron chi connectivity index (χ0n) is 9.01. The molecule has 90 valence electrons. The first-order valence-electron chi connectivity index (χ1n) is 5.13. The second-order valence-electron chi connectivity index (χ2n) is 3.57. The Morgan fingerprint density at radius 1 is 1.39 bits per heavy atom. The van der Waals surface area contributed by atoms with Gasteiger partial charge in [0, 0.05) is 5.39 Å². The van der Waals surface area contributed by atoms with Crippen molar-refractivity contribution in [3.63, 3.8) is 0 Å². The molecule has 2 aromatic heterocycles. The highest BCUT2D eigenvalue weighted by Gasteiger charge is 2.14. The molecule has 1 amide bonds. The lowest BCUT2D eigenvalue weighted by molar-refractivity contribution is 0.102. The molecule has 0 unspecified atom stereocenters. The largest absolute Gasteiger partial charge is 0.463 e. The van der Waals surface area contributed by atoms with Gasteiger partial charge in [0.05, 0.1) is 15.5 Å². The van der Waals surface area contributed by atoms with E-state index in [4.69, 9.17) is 4.42 Å². The first kappa shape index (κ1) is 11.4. The maximum absolute atomic E-state index is 12.1. The standard InChI is InChI=1S/C12H7BrN2O2S/c13-10-5-14-12(18-10)15-11(16)8-6-17-9-4-2-1-3-7(8)9/h1-6H,(H,14,15,16). The molecule has 18 heavy (non-hydrogen) atoms. The van der Waals surface area contributed by atoms with Crippen LogP contribution in [0.15, 0.2) is 44.9 Å². The topological polar surface area (TPSA) is 55.1 Å². The SMILES string of the molecule is O=C(Nc1ncc(Br)s1)c1coc2ccccc12. The van der Waals surface area contributed by atoms with E-state index in [-0.39, 0.29) is 5.91 Å². The van der Waals surface area contributed by atoms with E-state index >= 15 is 0 Å². The van der Waals surface area contributed by atoms with Crippen LogP contribution in [0, 0.1) is 0 Å². The zero-order valence-corrected chi connectivity index (χ0v) is 11.4. The van der Waals surface area contributed by atoms with Gasteiger partial charge in [-0.2, -0.15) is 0 Å². The summed E-state index contributed by atoms with van der Waals surface area (Å²) in [6.45, 7) is 0. The summed E-state index contributed by atoms with van der Waals surface area (Å²) < 4.78 is 6.20. The average Bonchev–Trinajstić information content (AvgIpc) is 2.95. The number of nitrogens with one attached hydrogen (secondary N) is 1. The van der Waals surface area contributed by atoms with Crippen LogP contribution >= 0.6 is 27.3 Å². The maximum Gasteiger partial charge on any atom is 0.261 e. The van der Waals surface area contributed by atoms with Crippen molar-refractivity contribution in [2.45, 2.75) is 0 Å². The van der Waals surface area contributed by atoms with Gasteiger partial charge in [0.25, 0.3) is 5.91 Å². The van der Waals surface area contributed by atoms with Gasteiger partial charge >= 0.3 is 0 Å². The van der Waals surface area contributed by atoms with Crippen LogP contribution in [-0.2, 0) is 0 Å². The third kappa shape index (κ3) is 2.04. The summed E-state index contributed by atoms with van der Waals surface area (Å²) in [5.41, 5.74) is 1.21. The third-order valence-corrected chi connectivity index (χ3v) is 3.82. The molecule has 0 spiro atoms. The van der Waals surface area contributed by atoms with Crippen LogP contribution in [0.5, 0.6) is 0 Å². The second kappa shape index (κ2) is 4.55. The number of furan rings is 1. The first-order chi connectivity index (χ1) is 8.74. The Labute approximate surface area is 115 Å². The van der Waals surface area contributed by atoms with Gasteiger partial charge in [0.1, 0.15) is 11.8 Å². The number of hydrogen-bond acceptors (Lipinski definition) is 4. The smallest absolute Gasteiger partial charge is 0.261 e. The molecule has 2 heterocycles. The van der Waals surface area contributed by atoms with Crippen molar-refractivity contribution in [1.82, 2.24) is 4.98 Å². The lowest BCUT2D eigenvalue weighted by Gasteiger charge is -1.98. The van der Waals surface area contributed by atoms with E-state index in [1.807, 2.05) is 24.3 Å². The predicted molar refractivity (Wildman–Crippen MR) is 74.0 cm³/mol. The molecule has 0 aliphatic rings. The van der Waals surface area contributed by atoms with Gasteiger partial charge in [-0.25, -0.2) is 4.98 Å². The van der Waals surface area contributed by atoms with Crippen LogP contribution < -0.4 is 5.32 Å². The zero-order chi connectivity index (χ0) is 12.5. The molecule has 0 radical (unpaired) electrons. The Bertz CT molecular complexity index is 720. The number of amides is 1. The summed E-state index contributed by atoms with van der Waals surface area (Å²) in [5, 5.41) is 4.09. The van der Waals surface area contributed by atoms with Gasteiger partial charge in [-0.3, -0.25) is 10.1 Å². The molecule has 0 aliphatic heterocycles. The number of carbonyl (C=O) groups is 1. The number of benzene rings is 1. The number of nitrogens with zero attached hydrogens (tertiary/aromatic N) is 1. The van der Waals surface area contributed by atoms with Crippen LogP contribution in [0.3, 0.4) is 0 Å². The Hall–Kier alpha value is -1.66. The predicted octanol–water partition coefficient (Wildman–Crippen LogP) is 3.90. The minimum atomic E-state index is -0.221. The van der Waals surface area contributed by atoms with E-state index in [2.05, 4.69) is 26.2 Å². The Morgan fingerprint density at radius 3 is 3.00 bits per heavy atom. The summed E-state index contributed by atoms with van der Waals surface area (Å²) >= 11 is 4.66. The van der Waals surface area contributed by atoms with Crippen molar-refractivity contribution in [1.29, 1.82) is 0 Å². The molecular formula is C12H7BrN2O2S. The third-order valence-electron chi connectivity index (χ3n) is 2.42. The highest BCUT2D eigenvalue weighted by atomic mass is 79.9. The molecule has 0 atom stereocenters. The number of thiazole rings is 1. The fraction of sp³-hybridized carbons (Fsp3) is 0. The number of aromatic nitrogens is 1. The summed E-state index contributed by atoms with van der Waals surface area (Å²) in [7, 11) is 0. The van der Waals surface area contributed by atoms with E-state index in [9.17, 15) is 4.79 Å². The molecular weight excluding hydrogens is 316 g/mol. The van der Waals surface area contributed by atoms with Crippen molar-refractivity contribution in [3.05, 3.63) is 46.1 Å². The van der Waals surface area contributed by atoms with Crippen LogP contribution in [0.2, 0.25) is 0 Å². The number of fused-ring (bicyclic) bond motifs is 1. The van der Waals surface area contributed by atoms with Crippen molar-refractivity contribution in [3.8, 4) is 0 Å². The van der Waals surface area contributed by atoms with Gasteiger partial charge in [0.2, 0.25) is 0 Å². The van der Waals surface area contributed by atoms with Crippen LogP contribution in [-0.4, -0.2) is 10.9 Å². The monoisotopic (exact) mass is 322 g/mol. The van der Waals surface area contributed by atoms with Crippen molar-refractivity contribution >= 4 is 49.3 Å². The quantitative estimate of drug-likeness (QED) is 0.778. The fourth-order valence-corrected chi connectivity index (χ4v) is 2.73. The summed E-state index contributed by atoms with van der Waals surface area (Å²) in [5.74, 6) is -0.221. The molecule has 0 saturated heterocycles. The molecule has 1 aromatic carbocycles. The van der Waals surface area contributed by atoms with Gasteiger partial charge < -0.3 is 4.42 Å². The molecule has 0 saturated carbocycles. The molecule has 0 aliphatic carbocycles. The highest BCUT2D eigenvalue weighted by Crippen LogP contribution is 2.25. The summed E-state index contributed by atoms with van der Waals surface area (Å²) in [4.78, 5) is 16.1. The van der Waals surface area contributed by atoms with Crippen LogP contribution in [0.25, 0.3) is 11.0 Å². The normalized spacial score (nSPS) is 10.7. The van der Waals surface area contributed by atoms with Crippen molar-refractivity contribution < 1.29 is 9.21 Å². The van der Waals surface area contributed by atoms with Gasteiger partial charge in [0.15, 0.2) is 5.13 Å². The Balaban J connectivity index is 1.92. The molecule has 3 aromatic rings. The summed E-state index contributed by atoms with van der Waals surface area (Å²) in [6.07, 6.45) is 3.11. The Morgan fingerprint density at radius 2 is 2.22 bits per heavy atom. The number of hydrogen-bond donors (Lipinski definition) is 1. The van der Waals surface area contributed by atoms with Gasteiger partial charge in [-0.05, 0) is 22.0 Å². The lowest BCUT2D eigenvalue weighted by atomic mass is 10.2. The van der Waals surface area contributed by atoms with Crippen LogP contribution in [0.4, 0.5) is 5.13 Å². The minimum Gasteiger partial charge on any atom is -0.463 e. The lowest BCUT2D eigenvalue weighted by Crippen LogP contribution is -2.10. The van der Waals surface area contributed by atoms with Crippen molar-refractivity contribution in [2.24, 2.45) is 0 Å². The first-order valence-corrected chi connectivity index (χ1v) is 6.74. The molecule has 0 fully saturated rings. The van der Waals surface area contributed by atoms with Gasteiger partial charge in [-0.15, -0.1) is 0 Å². The minimum absolute atomic E-state index is 0.221. The summed E-state index contributed by atoms with van der Waals surface area (Å²) in [6, 6.07) is 7.41. The molecule has 4 nitrogen and oxygen atoms in total. The second-order valence-corrected chi connectivity index (χ2v) is 5.98. The van der Waals surface area contributed by atoms with E-state index in [1.54, 1.807) is 6.20 Å². The number of carbonyl (C=O) groups excluding carboxylic acids is 1. The number of anilines is 1. The maximum atomic E-state index is 12.1. The molecule has 6 heteroatoms. The van der Waals surface area contributed by atoms with Crippen LogP contribution in [0.1, 0.15) is 10.4 Å². The van der Waals surface area contributed by atoms with E-state index in [1.165, 1.54) is 17.6 Å². The number of rotatable bonds is 2. The fourth-order valence-electron chi connectivity index (χ4n) is 1.63. The van der Waals surface area contributed by atoms with E-state index < -0.39 is 0 Å².